The number of hydrazine groups is 3. The molecule has 10 heavy (non-hydrogen) atoms. The van der Waals surface area contributed by atoms with E-state index in [-0.39, 0.29) is 0 Å². The maximum atomic E-state index is 3.32. The van der Waals surface area contributed by atoms with E-state index in [2.05, 4.69) is 16.3 Å². The van der Waals surface area contributed by atoms with Crippen LogP contribution >= 0.6 is 0 Å². The van der Waals surface area contributed by atoms with Crippen molar-refractivity contribution >= 4 is 0 Å². The van der Waals surface area contributed by atoms with Gasteiger partial charge in [-0.05, 0) is 19.3 Å². The van der Waals surface area contributed by atoms with Crippen molar-refractivity contribution < 1.29 is 0 Å². The molecular formula is C6H12N4. The predicted molar refractivity (Wildman–Crippen MR) is 36.5 cm³/mol. The fourth-order valence-electron chi connectivity index (χ4n) is 2.29. The Labute approximate surface area is 59.9 Å². The van der Waals surface area contributed by atoms with Gasteiger partial charge in [0.05, 0.1) is 0 Å². The number of nitrogens with zero attached hydrogens (tertiary/aromatic N) is 1. The maximum Gasteiger partial charge on any atom is 0.0273 e. The monoisotopic (exact) mass is 140 g/mol. The van der Waals surface area contributed by atoms with Crippen LogP contribution in [0.5, 0.6) is 0 Å². The van der Waals surface area contributed by atoms with Crippen LogP contribution in [0.4, 0.5) is 0 Å². The highest BCUT2D eigenvalue weighted by Gasteiger charge is 2.40. The molecule has 3 aliphatic heterocycles. The van der Waals surface area contributed by atoms with Crippen molar-refractivity contribution in [3.8, 4) is 0 Å². The van der Waals surface area contributed by atoms with Gasteiger partial charge in [-0.3, -0.25) is 0 Å². The molecule has 3 N–H and O–H groups in total. The van der Waals surface area contributed by atoms with Crippen LogP contribution in [0.25, 0.3) is 0 Å². The summed E-state index contributed by atoms with van der Waals surface area (Å²) < 4.78 is 0. The van der Waals surface area contributed by atoms with Gasteiger partial charge in [-0.25, -0.2) is 16.3 Å². The van der Waals surface area contributed by atoms with Crippen molar-refractivity contribution in [1.29, 1.82) is 0 Å². The van der Waals surface area contributed by atoms with Gasteiger partial charge in [0.2, 0.25) is 0 Å². The topological polar surface area (TPSA) is 39.3 Å². The summed E-state index contributed by atoms with van der Waals surface area (Å²) in [5.41, 5.74) is 9.97. The Kier molecular flexibility index (Phi) is 0.936. The molecule has 0 unspecified atom stereocenters. The molecule has 3 saturated heterocycles. The molecule has 4 nitrogen and oxygen atoms in total. The Bertz CT molecular complexity index is 101. The Morgan fingerprint density at radius 1 is 0.800 bits per heavy atom. The molecule has 0 aromatic rings. The van der Waals surface area contributed by atoms with E-state index in [1.807, 2.05) is 5.23 Å². The number of nitrogens with one attached hydrogen (secondary N) is 3. The van der Waals surface area contributed by atoms with Crippen LogP contribution in [0.2, 0.25) is 0 Å². The smallest absolute Gasteiger partial charge is 0.0273 e. The van der Waals surface area contributed by atoms with Crippen LogP contribution in [-0.2, 0) is 0 Å². The Balaban J connectivity index is 1.90. The predicted octanol–water partition coefficient (Wildman–Crippen LogP) is -0.881. The first kappa shape index (κ1) is 5.49. The third-order valence-corrected chi connectivity index (χ3v) is 2.64. The van der Waals surface area contributed by atoms with Crippen LogP contribution in [0.15, 0.2) is 0 Å². The average molecular weight is 140 g/mol. The lowest BCUT2D eigenvalue weighted by Gasteiger charge is -2.52. The molecule has 4 fully saturated rings. The molecule has 0 aromatic heterocycles. The lowest BCUT2D eigenvalue weighted by atomic mass is 9.86. The number of rotatable bonds is 0. The molecule has 4 aliphatic rings. The molecule has 0 spiro atoms. The number of hydrogen-bond acceptors (Lipinski definition) is 4. The van der Waals surface area contributed by atoms with E-state index in [1.165, 1.54) is 19.3 Å². The van der Waals surface area contributed by atoms with Gasteiger partial charge in [-0.1, -0.05) is 0 Å². The first-order chi connectivity index (χ1) is 4.90. The van der Waals surface area contributed by atoms with Crippen LogP contribution in [-0.4, -0.2) is 23.4 Å². The third kappa shape index (κ3) is 0.645. The fraction of sp³-hybridized carbons (Fsp3) is 1.00. The van der Waals surface area contributed by atoms with Crippen LogP contribution in [0, 0.1) is 0 Å². The Morgan fingerprint density at radius 2 is 1.20 bits per heavy atom. The fourth-order valence-corrected chi connectivity index (χ4v) is 2.29. The largest absolute Gasteiger partial charge is 0.224 e. The van der Waals surface area contributed by atoms with E-state index >= 15 is 0 Å². The average Bonchev–Trinajstić information content (AvgIpc) is 1.82. The van der Waals surface area contributed by atoms with E-state index in [0.717, 1.165) is 18.1 Å². The SMILES string of the molecule is C1C2CC3CC1NN(N2)N3. The first-order valence-electron chi connectivity index (χ1n) is 3.99. The summed E-state index contributed by atoms with van der Waals surface area (Å²) in [5.74, 6) is 0. The second-order valence-corrected chi connectivity index (χ2v) is 3.52. The van der Waals surface area contributed by atoms with E-state index in [0.29, 0.717) is 0 Å². The second kappa shape index (κ2) is 1.71. The molecule has 4 heteroatoms. The van der Waals surface area contributed by atoms with Crippen molar-refractivity contribution in [3.05, 3.63) is 0 Å². The van der Waals surface area contributed by atoms with Crippen molar-refractivity contribution in [1.82, 2.24) is 21.5 Å². The summed E-state index contributed by atoms with van der Waals surface area (Å²) >= 11 is 0. The molecule has 0 aromatic carbocycles. The summed E-state index contributed by atoms with van der Waals surface area (Å²) in [4.78, 5) is 0. The van der Waals surface area contributed by atoms with E-state index in [1.54, 1.807) is 0 Å². The van der Waals surface area contributed by atoms with Gasteiger partial charge in [0.25, 0.3) is 0 Å². The third-order valence-electron chi connectivity index (χ3n) is 2.64. The number of hydrogen-bond donors (Lipinski definition) is 3. The van der Waals surface area contributed by atoms with Gasteiger partial charge in [0, 0.05) is 18.1 Å². The second-order valence-electron chi connectivity index (χ2n) is 3.52. The standard InChI is InChI=1S/C6H12N4/c1-4-2-6-3-5(1)8-10(7-4)9-6/h4-9H,1-3H2. The van der Waals surface area contributed by atoms with E-state index in [4.69, 9.17) is 0 Å². The van der Waals surface area contributed by atoms with Gasteiger partial charge in [0.15, 0.2) is 0 Å². The highest BCUT2D eigenvalue weighted by molar-refractivity contribution is 4.94. The Hall–Kier alpha value is -0.160. The van der Waals surface area contributed by atoms with Gasteiger partial charge < -0.3 is 0 Å². The van der Waals surface area contributed by atoms with Crippen molar-refractivity contribution in [2.24, 2.45) is 0 Å². The summed E-state index contributed by atoms with van der Waals surface area (Å²) in [6.45, 7) is 0. The minimum absolute atomic E-state index is 0.728. The minimum atomic E-state index is 0.728. The Morgan fingerprint density at radius 3 is 1.50 bits per heavy atom. The zero-order chi connectivity index (χ0) is 6.55. The van der Waals surface area contributed by atoms with Crippen LogP contribution in [0.1, 0.15) is 19.3 Å². The van der Waals surface area contributed by atoms with Gasteiger partial charge in [-0.15, -0.1) is 5.23 Å². The quantitative estimate of drug-likeness (QED) is 0.408. The van der Waals surface area contributed by atoms with Crippen molar-refractivity contribution in [3.63, 3.8) is 0 Å². The zero-order valence-corrected chi connectivity index (χ0v) is 5.80. The molecule has 4 bridgehead atoms. The van der Waals surface area contributed by atoms with E-state index in [9.17, 15) is 0 Å². The zero-order valence-electron chi connectivity index (χ0n) is 5.80. The van der Waals surface area contributed by atoms with Crippen LogP contribution in [0.3, 0.4) is 0 Å². The molecule has 4 rings (SSSR count). The molecular weight excluding hydrogens is 128 g/mol. The summed E-state index contributed by atoms with van der Waals surface area (Å²) in [7, 11) is 0. The molecule has 0 atom stereocenters. The van der Waals surface area contributed by atoms with Gasteiger partial charge in [0.1, 0.15) is 0 Å². The molecule has 0 amide bonds. The molecule has 56 valence electrons. The van der Waals surface area contributed by atoms with Gasteiger partial charge in [-0.2, -0.15) is 0 Å². The highest BCUT2D eigenvalue weighted by atomic mass is 15.9. The maximum absolute atomic E-state index is 3.32. The van der Waals surface area contributed by atoms with Gasteiger partial charge >= 0.3 is 0 Å². The summed E-state index contributed by atoms with van der Waals surface area (Å²) in [5, 5.41) is 1.94. The summed E-state index contributed by atoms with van der Waals surface area (Å²) in [6, 6.07) is 2.18. The molecule has 0 radical (unpaired) electrons. The van der Waals surface area contributed by atoms with Crippen molar-refractivity contribution in [2.75, 3.05) is 0 Å². The first-order valence-corrected chi connectivity index (χ1v) is 3.99. The summed E-state index contributed by atoms with van der Waals surface area (Å²) in [6.07, 6.45) is 3.90. The molecule has 1 aliphatic carbocycles. The van der Waals surface area contributed by atoms with Crippen LogP contribution < -0.4 is 16.3 Å². The lowest BCUT2D eigenvalue weighted by molar-refractivity contribution is -0.116. The molecule has 1 saturated carbocycles. The minimum Gasteiger partial charge on any atom is -0.224 e. The van der Waals surface area contributed by atoms with E-state index < -0.39 is 0 Å². The van der Waals surface area contributed by atoms with Crippen molar-refractivity contribution in [2.45, 2.75) is 37.4 Å². The lowest BCUT2D eigenvalue weighted by Crippen LogP contribution is -2.77. The highest BCUT2D eigenvalue weighted by Crippen LogP contribution is 2.26. The molecule has 3 heterocycles. The normalized spacial score (nSPS) is 57.6.